The number of hydrogen-bond acceptors (Lipinski definition) is 4. The number of amides is 1. The third-order valence-electron chi connectivity index (χ3n) is 6.26. The van der Waals surface area contributed by atoms with Crippen molar-refractivity contribution in [1.29, 1.82) is 0 Å². The lowest BCUT2D eigenvalue weighted by Crippen LogP contribution is -2.48. The van der Waals surface area contributed by atoms with Gasteiger partial charge in [-0.1, -0.05) is 24.3 Å². The second-order valence-corrected chi connectivity index (χ2v) is 8.67. The monoisotopic (exact) mass is 472 g/mol. The fraction of sp³-hybridized carbons (Fsp3) is 0.400. The lowest BCUT2D eigenvalue weighted by molar-refractivity contribution is -0.137. The Balaban J connectivity index is 1.24. The molecular weight excluding hydrogens is 445 g/mol. The van der Waals surface area contributed by atoms with Crippen molar-refractivity contribution < 1.29 is 18.0 Å². The Morgan fingerprint density at radius 3 is 2.41 bits per heavy atom. The van der Waals surface area contributed by atoms with E-state index in [4.69, 9.17) is 0 Å². The number of rotatable bonds is 6. The molecule has 4 rings (SSSR count). The molecule has 2 heterocycles. The summed E-state index contributed by atoms with van der Waals surface area (Å²) < 4.78 is 39.7. The van der Waals surface area contributed by atoms with Crippen molar-refractivity contribution in [2.45, 2.75) is 39.0 Å². The van der Waals surface area contributed by atoms with E-state index in [0.29, 0.717) is 63.0 Å². The molecule has 0 aliphatic carbocycles. The number of piperazine rings is 1. The summed E-state index contributed by atoms with van der Waals surface area (Å²) in [5.74, 6) is 0.0480. The molecule has 6 nitrogen and oxygen atoms in total. The van der Waals surface area contributed by atoms with Crippen LogP contribution in [0.15, 0.2) is 53.6 Å². The Labute approximate surface area is 195 Å². The number of halogens is 3. The largest absolute Gasteiger partial charge is 0.416 e. The number of carbonyl (C=O) groups is 1. The summed E-state index contributed by atoms with van der Waals surface area (Å²) in [5, 5.41) is 0.581. The molecule has 1 saturated heterocycles. The Kier molecular flexibility index (Phi) is 7.02. The van der Waals surface area contributed by atoms with E-state index in [2.05, 4.69) is 9.88 Å². The van der Waals surface area contributed by atoms with Crippen molar-refractivity contribution >= 4 is 16.8 Å². The minimum Gasteiger partial charge on any atom is -0.340 e. The van der Waals surface area contributed by atoms with Crippen molar-refractivity contribution in [2.24, 2.45) is 0 Å². The molecule has 1 aliphatic heterocycles. The van der Waals surface area contributed by atoms with Crippen LogP contribution in [-0.2, 0) is 24.1 Å². The highest BCUT2D eigenvalue weighted by atomic mass is 19.4. The number of para-hydroxylation sites is 1. The van der Waals surface area contributed by atoms with Crippen molar-refractivity contribution in [3.05, 3.63) is 75.8 Å². The molecule has 0 N–H and O–H groups in total. The Morgan fingerprint density at radius 2 is 1.74 bits per heavy atom. The number of aryl methyl sites for hydroxylation is 2. The Hall–Kier alpha value is -3.20. The van der Waals surface area contributed by atoms with E-state index in [9.17, 15) is 22.8 Å². The predicted octanol–water partition coefficient (Wildman–Crippen LogP) is 3.85. The summed E-state index contributed by atoms with van der Waals surface area (Å²) in [4.78, 5) is 33.6. The topological polar surface area (TPSA) is 58.4 Å². The number of aromatic nitrogens is 2. The first-order valence-electron chi connectivity index (χ1n) is 11.3. The third kappa shape index (κ3) is 5.47. The van der Waals surface area contributed by atoms with Gasteiger partial charge in [0.15, 0.2) is 0 Å². The number of nitrogens with zero attached hydrogens (tertiary/aromatic N) is 4. The minimum atomic E-state index is -4.33. The van der Waals surface area contributed by atoms with Crippen LogP contribution in [-0.4, -0.2) is 51.4 Å². The van der Waals surface area contributed by atoms with Gasteiger partial charge in [0.1, 0.15) is 0 Å². The highest BCUT2D eigenvalue weighted by Crippen LogP contribution is 2.29. The molecule has 0 unspecified atom stereocenters. The summed E-state index contributed by atoms with van der Waals surface area (Å²) in [7, 11) is 0. The maximum Gasteiger partial charge on any atom is 0.416 e. The molecule has 34 heavy (non-hydrogen) atoms. The quantitative estimate of drug-likeness (QED) is 0.547. The summed E-state index contributed by atoms with van der Waals surface area (Å²) in [6, 6.07) is 10.7. The second kappa shape index (κ2) is 9.97. The van der Waals surface area contributed by atoms with Crippen LogP contribution in [0.25, 0.3) is 10.9 Å². The maximum atomic E-state index is 12.7. The second-order valence-electron chi connectivity index (χ2n) is 8.67. The lowest BCUT2D eigenvalue weighted by Gasteiger charge is -2.35. The zero-order valence-electron chi connectivity index (χ0n) is 19.0. The number of alkyl halides is 3. The van der Waals surface area contributed by atoms with E-state index in [1.807, 2.05) is 24.0 Å². The molecule has 3 aromatic rings. The molecule has 1 fully saturated rings. The predicted molar refractivity (Wildman–Crippen MR) is 123 cm³/mol. The van der Waals surface area contributed by atoms with Crippen molar-refractivity contribution in [2.75, 3.05) is 26.2 Å². The zero-order chi connectivity index (χ0) is 24.3. The maximum absolute atomic E-state index is 12.7. The molecule has 2 aromatic carbocycles. The van der Waals surface area contributed by atoms with Crippen LogP contribution in [0.4, 0.5) is 13.2 Å². The van der Waals surface area contributed by atoms with Gasteiger partial charge in [-0.15, -0.1) is 0 Å². The molecule has 0 spiro atoms. The van der Waals surface area contributed by atoms with Gasteiger partial charge in [0.05, 0.1) is 22.8 Å². The van der Waals surface area contributed by atoms with Crippen LogP contribution in [0, 0.1) is 6.92 Å². The van der Waals surface area contributed by atoms with Gasteiger partial charge < -0.3 is 4.90 Å². The number of benzene rings is 2. The van der Waals surface area contributed by atoms with E-state index in [0.717, 1.165) is 23.3 Å². The number of hydrogen-bond donors (Lipinski definition) is 0. The molecule has 0 radical (unpaired) electrons. The Bertz CT molecular complexity index is 1210. The molecule has 180 valence electrons. The van der Waals surface area contributed by atoms with E-state index < -0.39 is 11.7 Å². The van der Waals surface area contributed by atoms with Crippen molar-refractivity contribution in [3.63, 3.8) is 0 Å². The molecule has 0 saturated carbocycles. The summed E-state index contributed by atoms with van der Waals surface area (Å²) in [6.07, 6.45) is -1.90. The average Bonchev–Trinajstić information content (AvgIpc) is 2.81. The Morgan fingerprint density at radius 1 is 1.03 bits per heavy atom. The summed E-state index contributed by atoms with van der Waals surface area (Å²) in [5.41, 5.74) is 1.72. The van der Waals surface area contributed by atoms with Gasteiger partial charge in [-0.05, 0) is 42.7 Å². The molecular formula is C25H27F3N4O2. The van der Waals surface area contributed by atoms with Gasteiger partial charge in [-0.25, -0.2) is 4.98 Å². The van der Waals surface area contributed by atoms with Crippen molar-refractivity contribution in [3.8, 4) is 0 Å². The van der Waals surface area contributed by atoms with E-state index in [1.165, 1.54) is 12.1 Å². The van der Waals surface area contributed by atoms with Gasteiger partial charge in [0, 0.05) is 45.7 Å². The molecule has 1 amide bonds. The molecule has 9 heteroatoms. The fourth-order valence-electron chi connectivity index (χ4n) is 4.27. The highest BCUT2D eigenvalue weighted by Gasteiger charge is 2.30. The van der Waals surface area contributed by atoms with Gasteiger partial charge in [0.2, 0.25) is 5.91 Å². The molecule has 0 bridgehead atoms. The lowest BCUT2D eigenvalue weighted by atomic mass is 10.1. The average molecular weight is 473 g/mol. The van der Waals surface area contributed by atoms with Gasteiger partial charge in [-0.3, -0.25) is 19.1 Å². The smallest absolute Gasteiger partial charge is 0.340 e. The van der Waals surface area contributed by atoms with Crippen LogP contribution < -0.4 is 5.56 Å². The fourth-order valence-corrected chi connectivity index (χ4v) is 4.27. The van der Waals surface area contributed by atoms with Crippen LogP contribution in [0.1, 0.15) is 29.5 Å². The zero-order valence-corrected chi connectivity index (χ0v) is 19.0. The first-order valence-corrected chi connectivity index (χ1v) is 11.3. The van der Waals surface area contributed by atoms with E-state index in [1.54, 1.807) is 17.0 Å². The summed E-state index contributed by atoms with van der Waals surface area (Å²) in [6.45, 7) is 5.39. The normalized spacial score (nSPS) is 15.1. The van der Waals surface area contributed by atoms with E-state index >= 15 is 0 Å². The first kappa shape index (κ1) is 23.9. The standard InChI is InChI=1S/C25H27F3N4O2/c1-18-4-2-5-21-23(18)29-17-32(24(21)34)11-3-6-22(33)31-14-12-30(13-15-31)16-19-7-9-20(10-8-19)25(26,27)28/h2,4-5,7-10,17H,3,6,11-16H2,1H3. The minimum absolute atomic E-state index is 0.0480. The molecule has 0 atom stereocenters. The van der Waals surface area contributed by atoms with Gasteiger partial charge in [0.25, 0.3) is 5.56 Å². The third-order valence-corrected chi connectivity index (χ3v) is 6.26. The summed E-state index contributed by atoms with van der Waals surface area (Å²) >= 11 is 0. The molecule has 1 aliphatic rings. The number of carbonyl (C=O) groups excluding carboxylic acids is 1. The first-order chi connectivity index (χ1) is 16.2. The number of fused-ring (bicyclic) bond motifs is 1. The molecule has 1 aromatic heterocycles. The van der Waals surface area contributed by atoms with E-state index in [-0.39, 0.29) is 11.5 Å². The van der Waals surface area contributed by atoms with Crippen LogP contribution in [0.2, 0.25) is 0 Å². The highest BCUT2D eigenvalue weighted by molar-refractivity contribution is 5.80. The van der Waals surface area contributed by atoms with Crippen LogP contribution in [0.3, 0.4) is 0 Å². The van der Waals surface area contributed by atoms with Gasteiger partial charge in [-0.2, -0.15) is 13.2 Å². The SMILES string of the molecule is Cc1cccc2c(=O)n(CCCC(=O)N3CCN(Cc4ccc(C(F)(F)F)cc4)CC3)cnc12. The van der Waals surface area contributed by atoms with Crippen molar-refractivity contribution in [1.82, 2.24) is 19.4 Å². The van der Waals surface area contributed by atoms with Crippen LogP contribution in [0.5, 0.6) is 0 Å². The van der Waals surface area contributed by atoms with Crippen LogP contribution >= 0.6 is 0 Å². The van der Waals surface area contributed by atoms with Gasteiger partial charge >= 0.3 is 6.18 Å².